The second-order valence-corrected chi connectivity index (χ2v) is 5.52. The van der Waals surface area contributed by atoms with Crippen LogP contribution >= 0.6 is 0 Å². The number of benzene rings is 3. The predicted octanol–water partition coefficient (Wildman–Crippen LogP) is 3.50. The molecule has 3 aromatic rings. The lowest BCUT2D eigenvalue weighted by Crippen LogP contribution is -2.37. The molecule has 0 amide bonds. The van der Waals surface area contributed by atoms with Crippen molar-refractivity contribution >= 4 is 5.69 Å². The highest BCUT2D eigenvalue weighted by atomic mass is 14.8. The Balaban J connectivity index is 2.06. The molecule has 3 aromatic carbocycles. The maximum absolute atomic E-state index is 6.91. The van der Waals surface area contributed by atoms with Crippen molar-refractivity contribution in [2.75, 3.05) is 5.73 Å². The van der Waals surface area contributed by atoms with E-state index in [1.165, 1.54) is 11.1 Å². The van der Waals surface area contributed by atoms with Gasteiger partial charge in [-0.15, -0.1) is 0 Å². The number of anilines is 1. The second kappa shape index (κ2) is 4.21. The number of fused-ring (bicyclic) bond motifs is 3. The van der Waals surface area contributed by atoms with Gasteiger partial charge in [0.15, 0.2) is 0 Å². The molecule has 4 rings (SSSR count). The van der Waals surface area contributed by atoms with Crippen LogP contribution < -0.4 is 11.5 Å². The van der Waals surface area contributed by atoms with E-state index in [-0.39, 0.29) is 0 Å². The fraction of sp³-hybridized carbons (Fsp3) is 0.0526. The average molecular weight is 272 g/mol. The summed E-state index contributed by atoms with van der Waals surface area (Å²) in [4.78, 5) is 0. The summed E-state index contributed by atoms with van der Waals surface area (Å²) >= 11 is 0. The van der Waals surface area contributed by atoms with E-state index in [1.807, 2.05) is 36.4 Å². The molecule has 0 saturated carbocycles. The second-order valence-electron chi connectivity index (χ2n) is 5.52. The van der Waals surface area contributed by atoms with Crippen molar-refractivity contribution in [3.8, 4) is 11.1 Å². The van der Waals surface area contributed by atoms with Gasteiger partial charge in [0.25, 0.3) is 0 Å². The molecule has 2 nitrogen and oxygen atoms in total. The maximum atomic E-state index is 6.91. The van der Waals surface area contributed by atoms with Crippen molar-refractivity contribution in [3.05, 3.63) is 89.5 Å². The first-order valence-corrected chi connectivity index (χ1v) is 7.05. The van der Waals surface area contributed by atoms with Crippen LogP contribution in [0, 0.1) is 0 Å². The summed E-state index contributed by atoms with van der Waals surface area (Å²) < 4.78 is 0. The molecule has 0 saturated heterocycles. The van der Waals surface area contributed by atoms with Crippen LogP contribution in [0.15, 0.2) is 72.8 Å². The monoisotopic (exact) mass is 272 g/mol. The topological polar surface area (TPSA) is 52.0 Å². The van der Waals surface area contributed by atoms with E-state index in [2.05, 4.69) is 36.4 Å². The number of hydrogen-bond acceptors (Lipinski definition) is 2. The van der Waals surface area contributed by atoms with Crippen LogP contribution in [0.2, 0.25) is 0 Å². The molecule has 0 fully saturated rings. The van der Waals surface area contributed by atoms with Gasteiger partial charge in [0.05, 0.1) is 5.54 Å². The molecule has 0 radical (unpaired) electrons. The minimum absolute atomic E-state index is 0.610. The Morgan fingerprint density at radius 1 is 0.619 bits per heavy atom. The Bertz CT molecular complexity index is 773. The molecular weight excluding hydrogens is 256 g/mol. The summed E-state index contributed by atoms with van der Waals surface area (Å²) in [5.41, 5.74) is 18.7. The molecule has 21 heavy (non-hydrogen) atoms. The van der Waals surface area contributed by atoms with E-state index < -0.39 is 5.54 Å². The van der Waals surface area contributed by atoms with Crippen LogP contribution in [0.5, 0.6) is 0 Å². The van der Waals surface area contributed by atoms with Crippen LogP contribution in [0.3, 0.4) is 0 Å². The summed E-state index contributed by atoms with van der Waals surface area (Å²) in [7, 11) is 0. The normalized spacial score (nSPS) is 14.5. The van der Waals surface area contributed by atoms with Crippen molar-refractivity contribution in [1.82, 2.24) is 0 Å². The highest BCUT2D eigenvalue weighted by Crippen LogP contribution is 2.49. The Kier molecular flexibility index (Phi) is 2.44. The Labute approximate surface area is 124 Å². The molecule has 0 spiro atoms. The first-order valence-electron chi connectivity index (χ1n) is 7.05. The van der Waals surface area contributed by atoms with Gasteiger partial charge >= 0.3 is 0 Å². The third-order valence-electron chi connectivity index (χ3n) is 4.36. The summed E-state index contributed by atoms with van der Waals surface area (Å²) in [6, 6.07) is 24.6. The van der Waals surface area contributed by atoms with Gasteiger partial charge < -0.3 is 11.5 Å². The van der Waals surface area contributed by atoms with Crippen molar-refractivity contribution in [3.63, 3.8) is 0 Å². The number of hydrogen-bond donors (Lipinski definition) is 2. The lowest BCUT2D eigenvalue weighted by atomic mass is 9.82. The van der Waals surface area contributed by atoms with Gasteiger partial charge in [0.1, 0.15) is 0 Å². The number of rotatable bonds is 1. The van der Waals surface area contributed by atoms with Gasteiger partial charge in [0, 0.05) is 5.69 Å². The maximum Gasteiger partial charge on any atom is 0.0935 e. The highest BCUT2D eigenvalue weighted by Gasteiger charge is 2.40. The van der Waals surface area contributed by atoms with Gasteiger partial charge in [-0.2, -0.15) is 0 Å². The lowest BCUT2D eigenvalue weighted by molar-refractivity contribution is 0.672. The third kappa shape index (κ3) is 1.57. The highest BCUT2D eigenvalue weighted by molar-refractivity contribution is 5.82. The zero-order valence-electron chi connectivity index (χ0n) is 11.6. The van der Waals surface area contributed by atoms with Crippen molar-refractivity contribution in [2.24, 2.45) is 5.73 Å². The van der Waals surface area contributed by atoms with Gasteiger partial charge in [-0.05, 0) is 39.9 Å². The molecular formula is C19H16N2. The molecule has 0 unspecified atom stereocenters. The van der Waals surface area contributed by atoms with Crippen LogP contribution in [0.25, 0.3) is 11.1 Å². The minimum atomic E-state index is -0.610. The SMILES string of the molecule is Nc1ccc(C2(N)c3ccccc3-c3ccccc32)cc1. The van der Waals surface area contributed by atoms with Gasteiger partial charge in [-0.25, -0.2) is 0 Å². The first kappa shape index (κ1) is 12.2. The van der Waals surface area contributed by atoms with E-state index in [0.29, 0.717) is 0 Å². The molecule has 1 aliphatic carbocycles. The standard InChI is InChI=1S/C19H16N2/c20-14-11-9-13(10-12-14)19(21)17-7-3-1-5-15(17)16-6-2-4-8-18(16)19/h1-12H,20-21H2. The predicted molar refractivity (Wildman–Crippen MR) is 86.8 cm³/mol. The first-order chi connectivity index (χ1) is 10.2. The van der Waals surface area contributed by atoms with Crippen molar-refractivity contribution in [1.29, 1.82) is 0 Å². The van der Waals surface area contributed by atoms with Gasteiger partial charge in [-0.1, -0.05) is 60.7 Å². The summed E-state index contributed by atoms with van der Waals surface area (Å²) in [5.74, 6) is 0. The van der Waals surface area contributed by atoms with E-state index in [0.717, 1.165) is 22.4 Å². The van der Waals surface area contributed by atoms with Crippen molar-refractivity contribution < 1.29 is 0 Å². The Morgan fingerprint density at radius 2 is 1.10 bits per heavy atom. The summed E-state index contributed by atoms with van der Waals surface area (Å²) in [6.45, 7) is 0. The number of nitrogens with two attached hydrogens (primary N) is 2. The molecule has 0 atom stereocenters. The average Bonchev–Trinajstić information content (AvgIpc) is 2.80. The number of nitrogen functional groups attached to an aromatic ring is 1. The van der Waals surface area contributed by atoms with E-state index in [4.69, 9.17) is 11.5 Å². The van der Waals surface area contributed by atoms with Gasteiger partial charge in [0.2, 0.25) is 0 Å². The fourth-order valence-corrected chi connectivity index (χ4v) is 3.33. The van der Waals surface area contributed by atoms with Gasteiger partial charge in [-0.3, -0.25) is 0 Å². The third-order valence-corrected chi connectivity index (χ3v) is 4.36. The lowest BCUT2D eigenvalue weighted by Gasteiger charge is -2.28. The Hall–Kier alpha value is -2.58. The van der Waals surface area contributed by atoms with Crippen LogP contribution in [0.1, 0.15) is 16.7 Å². The van der Waals surface area contributed by atoms with Crippen LogP contribution in [0.4, 0.5) is 5.69 Å². The van der Waals surface area contributed by atoms with E-state index in [9.17, 15) is 0 Å². The Morgan fingerprint density at radius 3 is 1.62 bits per heavy atom. The summed E-state index contributed by atoms with van der Waals surface area (Å²) in [5, 5.41) is 0. The van der Waals surface area contributed by atoms with Crippen molar-refractivity contribution in [2.45, 2.75) is 5.54 Å². The molecule has 4 N–H and O–H groups in total. The molecule has 0 aliphatic heterocycles. The molecule has 1 aliphatic rings. The molecule has 0 heterocycles. The zero-order chi connectivity index (χ0) is 14.4. The zero-order valence-corrected chi connectivity index (χ0v) is 11.6. The van der Waals surface area contributed by atoms with E-state index in [1.54, 1.807) is 0 Å². The fourth-order valence-electron chi connectivity index (χ4n) is 3.33. The minimum Gasteiger partial charge on any atom is -0.399 e. The molecule has 102 valence electrons. The quantitative estimate of drug-likeness (QED) is 0.666. The molecule has 2 heteroatoms. The van der Waals surface area contributed by atoms with E-state index >= 15 is 0 Å². The van der Waals surface area contributed by atoms with Crippen LogP contribution in [-0.2, 0) is 5.54 Å². The van der Waals surface area contributed by atoms with Crippen LogP contribution in [-0.4, -0.2) is 0 Å². The molecule has 0 aromatic heterocycles. The molecule has 0 bridgehead atoms. The smallest absolute Gasteiger partial charge is 0.0935 e. The largest absolute Gasteiger partial charge is 0.399 e. The summed E-state index contributed by atoms with van der Waals surface area (Å²) in [6.07, 6.45) is 0.